The fourth-order valence-corrected chi connectivity index (χ4v) is 1.01. The maximum absolute atomic E-state index is 4.08. The van der Waals surface area contributed by atoms with Crippen molar-refractivity contribution in [2.75, 3.05) is 0 Å². The van der Waals surface area contributed by atoms with Crippen molar-refractivity contribution in [2.24, 2.45) is 0 Å². The lowest BCUT2D eigenvalue weighted by molar-refractivity contribution is 1.14. The zero-order valence-corrected chi connectivity index (χ0v) is 6.65. The van der Waals surface area contributed by atoms with E-state index < -0.39 is 0 Å². The number of aromatic amines is 1. The van der Waals surface area contributed by atoms with Gasteiger partial charge < -0.3 is 4.98 Å². The first-order valence-corrected chi connectivity index (χ1v) is 3.63. The number of aryl methyl sites for hydroxylation is 1. The molecule has 0 aliphatic heterocycles. The number of imidazole rings is 1. The fourth-order valence-electron chi connectivity index (χ4n) is 1.01. The van der Waals surface area contributed by atoms with Gasteiger partial charge in [0.2, 0.25) is 0 Å². The highest BCUT2D eigenvalue weighted by Crippen LogP contribution is 2.12. The standard InChI is InChI=1S/C8H8N4/c1-6-11-4-8(12-6)7-2-9-5-10-3-7/h2-5H,1H3,(H,11,12). The van der Waals surface area contributed by atoms with Gasteiger partial charge >= 0.3 is 0 Å². The molecule has 0 unspecified atom stereocenters. The maximum atomic E-state index is 4.08. The van der Waals surface area contributed by atoms with Gasteiger partial charge in [-0.3, -0.25) is 0 Å². The minimum absolute atomic E-state index is 0.897. The lowest BCUT2D eigenvalue weighted by Gasteiger charge is -1.92. The van der Waals surface area contributed by atoms with Crippen molar-refractivity contribution in [3.8, 4) is 11.3 Å². The largest absolute Gasteiger partial charge is 0.342 e. The first-order chi connectivity index (χ1) is 5.86. The van der Waals surface area contributed by atoms with Crippen LogP contribution >= 0.6 is 0 Å². The predicted molar refractivity (Wildman–Crippen MR) is 44.4 cm³/mol. The topological polar surface area (TPSA) is 54.5 Å². The summed E-state index contributed by atoms with van der Waals surface area (Å²) in [4.78, 5) is 15.0. The molecule has 2 aromatic heterocycles. The number of nitrogens with one attached hydrogen (secondary N) is 1. The number of aromatic nitrogens is 4. The van der Waals surface area contributed by atoms with Gasteiger partial charge in [-0.2, -0.15) is 0 Å². The van der Waals surface area contributed by atoms with Crippen LogP contribution in [0.5, 0.6) is 0 Å². The molecule has 2 rings (SSSR count). The van der Waals surface area contributed by atoms with Gasteiger partial charge in [-0.05, 0) is 6.92 Å². The Morgan fingerprint density at radius 1 is 1.17 bits per heavy atom. The van der Waals surface area contributed by atoms with E-state index in [2.05, 4.69) is 19.9 Å². The molecule has 1 N–H and O–H groups in total. The van der Waals surface area contributed by atoms with Crippen LogP contribution in [0, 0.1) is 6.92 Å². The Bertz CT molecular complexity index is 366. The van der Waals surface area contributed by atoms with E-state index in [0.29, 0.717) is 0 Å². The van der Waals surface area contributed by atoms with Gasteiger partial charge in [-0.15, -0.1) is 0 Å². The minimum atomic E-state index is 0.897. The summed E-state index contributed by atoms with van der Waals surface area (Å²) in [6.45, 7) is 1.91. The lowest BCUT2D eigenvalue weighted by atomic mass is 10.3. The molecule has 0 amide bonds. The summed E-state index contributed by atoms with van der Waals surface area (Å²) in [5.74, 6) is 0.897. The van der Waals surface area contributed by atoms with Crippen LogP contribution in [0.4, 0.5) is 0 Å². The highest BCUT2D eigenvalue weighted by atomic mass is 14.9. The van der Waals surface area contributed by atoms with E-state index >= 15 is 0 Å². The summed E-state index contributed by atoms with van der Waals surface area (Å²) in [6.07, 6.45) is 6.78. The van der Waals surface area contributed by atoms with Crippen LogP contribution in [-0.2, 0) is 0 Å². The van der Waals surface area contributed by atoms with Crippen molar-refractivity contribution >= 4 is 0 Å². The summed E-state index contributed by atoms with van der Waals surface area (Å²) >= 11 is 0. The number of nitrogens with zero attached hydrogens (tertiary/aromatic N) is 3. The molecule has 2 heterocycles. The molecule has 0 aromatic carbocycles. The normalized spacial score (nSPS) is 10.1. The zero-order chi connectivity index (χ0) is 8.39. The van der Waals surface area contributed by atoms with Crippen LogP contribution in [0.25, 0.3) is 11.3 Å². The molecule has 0 aliphatic carbocycles. The third-order valence-corrected chi connectivity index (χ3v) is 1.57. The van der Waals surface area contributed by atoms with Crippen molar-refractivity contribution < 1.29 is 0 Å². The van der Waals surface area contributed by atoms with E-state index in [9.17, 15) is 0 Å². The highest BCUT2D eigenvalue weighted by Gasteiger charge is 1.99. The lowest BCUT2D eigenvalue weighted by Crippen LogP contribution is -1.81. The third-order valence-electron chi connectivity index (χ3n) is 1.57. The summed E-state index contributed by atoms with van der Waals surface area (Å²) in [5, 5.41) is 0. The second kappa shape index (κ2) is 2.73. The van der Waals surface area contributed by atoms with E-state index in [1.807, 2.05) is 6.92 Å². The van der Waals surface area contributed by atoms with Crippen LogP contribution in [0.15, 0.2) is 24.9 Å². The van der Waals surface area contributed by atoms with Gasteiger partial charge in [0.05, 0.1) is 11.9 Å². The molecular formula is C8H8N4. The fraction of sp³-hybridized carbons (Fsp3) is 0.125. The quantitative estimate of drug-likeness (QED) is 0.681. The van der Waals surface area contributed by atoms with E-state index in [-0.39, 0.29) is 0 Å². The molecule has 0 atom stereocenters. The smallest absolute Gasteiger partial charge is 0.115 e. The molecule has 0 spiro atoms. The molecule has 0 radical (unpaired) electrons. The van der Waals surface area contributed by atoms with Gasteiger partial charge in [-0.25, -0.2) is 15.0 Å². The molecule has 4 heteroatoms. The Morgan fingerprint density at radius 2 is 1.92 bits per heavy atom. The van der Waals surface area contributed by atoms with Crippen molar-refractivity contribution in [1.82, 2.24) is 19.9 Å². The molecular weight excluding hydrogens is 152 g/mol. The van der Waals surface area contributed by atoms with Crippen molar-refractivity contribution in [1.29, 1.82) is 0 Å². The summed E-state index contributed by atoms with van der Waals surface area (Å²) in [7, 11) is 0. The van der Waals surface area contributed by atoms with Crippen LogP contribution in [-0.4, -0.2) is 19.9 Å². The summed E-state index contributed by atoms with van der Waals surface area (Å²) < 4.78 is 0. The van der Waals surface area contributed by atoms with Gasteiger partial charge in [0.25, 0.3) is 0 Å². The van der Waals surface area contributed by atoms with Crippen molar-refractivity contribution in [3.63, 3.8) is 0 Å². The molecule has 0 bridgehead atoms. The molecule has 0 fully saturated rings. The first-order valence-electron chi connectivity index (χ1n) is 3.63. The van der Waals surface area contributed by atoms with E-state index in [1.165, 1.54) is 6.33 Å². The van der Waals surface area contributed by atoms with Gasteiger partial charge in [0.1, 0.15) is 12.2 Å². The van der Waals surface area contributed by atoms with Crippen molar-refractivity contribution in [3.05, 3.63) is 30.7 Å². The Morgan fingerprint density at radius 3 is 2.50 bits per heavy atom. The SMILES string of the molecule is Cc1ncc(-c2cncnc2)[nH]1. The van der Waals surface area contributed by atoms with Gasteiger partial charge in [-0.1, -0.05) is 0 Å². The molecule has 0 aliphatic rings. The molecule has 0 saturated carbocycles. The average Bonchev–Trinajstić information content (AvgIpc) is 2.54. The molecule has 2 aromatic rings. The van der Waals surface area contributed by atoms with E-state index in [4.69, 9.17) is 0 Å². The van der Waals surface area contributed by atoms with Crippen LogP contribution in [0.1, 0.15) is 5.82 Å². The predicted octanol–water partition coefficient (Wildman–Crippen LogP) is 1.18. The minimum Gasteiger partial charge on any atom is -0.342 e. The zero-order valence-electron chi connectivity index (χ0n) is 6.65. The third kappa shape index (κ3) is 1.18. The molecule has 4 nitrogen and oxygen atoms in total. The Hall–Kier alpha value is -1.71. The Balaban J connectivity index is 2.45. The molecule has 60 valence electrons. The van der Waals surface area contributed by atoms with Crippen molar-refractivity contribution in [2.45, 2.75) is 6.92 Å². The summed E-state index contributed by atoms with van der Waals surface area (Å²) in [6, 6.07) is 0. The molecule has 12 heavy (non-hydrogen) atoms. The number of rotatable bonds is 1. The van der Waals surface area contributed by atoms with Crippen LogP contribution < -0.4 is 0 Å². The van der Waals surface area contributed by atoms with E-state index in [0.717, 1.165) is 17.1 Å². The van der Waals surface area contributed by atoms with Crippen LogP contribution in [0.3, 0.4) is 0 Å². The maximum Gasteiger partial charge on any atom is 0.115 e. The van der Waals surface area contributed by atoms with E-state index in [1.54, 1.807) is 18.6 Å². The van der Waals surface area contributed by atoms with Gasteiger partial charge in [0.15, 0.2) is 0 Å². The number of hydrogen-bond acceptors (Lipinski definition) is 3. The Labute approximate surface area is 69.7 Å². The second-order valence-electron chi connectivity index (χ2n) is 2.51. The van der Waals surface area contributed by atoms with Crippen LogP contribution in [0.2, 0.25) is 0 Å². The number of H-pyrrole nitrogens is 1. The average molecular weight is 160 g/mol. The number of hydrogen-bond donors (Lipinski definition) is 1. The van der Waals surface area contributed by atoms with Gasteiger partial charge in [0, 0.05) is 18.0 Å². The monoisotopic (exact) mass is 160 g/mol. The summed E-state index contributed by atoms with van der Waals surface area (Å²) in [5.41, 5.74) is 1.91. The molecule has 0 saturated heterocycles. The highest BCUT2D eigenvalue weighted by molar-refractivity contribution is 5.55. The Kier molecular flexibility index (Phi) is 1.59. The first kappa shape index (κ1) is 6.97. The second-order valence-corrected chi connectivity index (χ2v) is 2.51.